The Kier molecular flexibility index (Phi) is 7.46. The molecule has 1 saturated carbocycles. The first-order valence-electron chi connectivity index (χ1n) is 12.6. The van der Waals surface area contributed by atoms with Crippen molar-refractivity contribution in [3.05, 3.63) is 23.3 Å². The summed E-state index contributed by atoms with van der Waals surface area (Å²) in [6.07, 6.45) is 1.14. The Balaban J connectivity index is 1.52. The number of esters is 2. The number of fused-ring (bicyclic) bond motifs is 1. The Morgan fingerprint density at radius 1 is 1.17 bits per heavy atom. The van der Waals surface area contributed by atoms with Gasteiger partial charge in [-0.1, -0.05) is 26.8 Å². The summed E-state index contributed by atoms with van der Waals surface area (Å²) in [5.74, 6) is -0.263. The number of ether oxygens (including phenoxy) is 3. The molecular weight excluding hydrogens is 456 g/mol. The van der Waals surface area contributed by atoms with E-state index in [9.17, 15) is 30.0 Å². The van der Waals surface area contributed by atoms with E-state index in [1.165, 1.54) is 0 Å². The predicted octanol–water partition coefficient (Wildman–Crippen LogP) is 1.37. The number of aliphatic hydroxyl groups is 4. The van der Waals surface area contributed by atoms with Crippen LogP contribution in [0.25, 0.3) is 0 Å². The van der Waals surface area contributed by atoms with E-state index in [1.807, 2.05) is 6.08 Å². The van der Waals surface area contributed by atoms with Crippen molar-refractivity contribution in [2.75, 3.05) is 13.2 Å². The highest BCUT2D eigenvalue weighted by molar-refractivity contribution is 5.90. The zero-order valence-electron chi connectivity index (χ0n) is 20.7. The van der Waals surface area contributed by atoms with Gasteiger partial charge >= 0.3 is 11.9 Å². The zero-order chi connectivity index (χ0) is 25.5. The molecule has 0 aromatic carbocycles. The van der Waals surface area contributed by atoms with E-state index in [1.54, 1.807) is 6.08 Å². The van der Waals surface area contributed by atoms with Gasteiger partial charge in [-0.25, -0.2) is 9.59 Å². The van der Waals surface area contributed by atoms with Crippen LogP contribution in [0.1, 0.15) is 59.3 Å². The number of hydrogen-bond acceptors (Lipinski definition) is 9. The number of rotatable bonds is 6. The summed E-state index contributed by atoms with van der Waals surface area (Å²) >= 11 is 0. The summed E-state index contributed by atoms with van der Waals surface area (Å²) in [6, 6.07) is 0. The number of aliphatic hydroxyl groups excluding tert-OH is 4. The van der Waals surface area contributed by atoms with Crippen LogP contribution in [-0.4, -0.2) is 76.3 Å². The van der Waals surface area contributed by atoms with Crippen LogP contribution < -0.4 is 0 Å². The quantitative estimate of drug-likeness (QED) is 0.403. The summed E-state index contributed by atoms with van der Waals surface area (Å²) in [4.78, 5) is 24.9. The second-order valence-corrected chi connectivity index (χ2v) is 11.1. The minimum absolute atomic E-state index is 0.0671. The highest BCUT2D eigenvalue weighted by Gasteiger charge is 2.56. The van der Waals surface area contributed by atoms with Crippen molar-refractivity contribution < 1.29 is 44.2 Å². The van der Waals surface area contributed by atoms with Crippen LogP contribution in [0.5, 0.6) is 0 Å². The van der Waals surface area contributed by atoms with Gasteiger partial charge in [0.25, 0.3) is 0 Å². The van der Waals surface area contributed by atoms with Crippen molar-refractivity contribution in [3.8, 4) is 0 Å². The molecule has 9 nitrogen and oxygen atoms in total. The third-order valence-electron chi connectivity index (χ3n) is 9.20. The monoisotopic (exact) mass is 494 g/mol. The van der Waals surface area contributed by atoms with Crippen LogP contribution in [0.15, 0.2) is 23.3 Å². The van der Waals surface area contributed by atoms with Crippen molar-refractivity contribution >= 4 is 11.9 Å². The third kappa shape index (κ3) is 4.69. The zero-order valence-corrected chi connectivity index (χ0v) is 20.7. The van der Waals surface area contributed by atoms with Crippen LogP contribution >= 0.6 is 0 Å². The van der Waals surface area contributed by atoms with Gasteiger partial charge in [0.1, 0.15) is 31.0 Å². The first-order valence-corrected chi connectivity index (χ1v) is 12.6. The molecule has 1 saturated heterocycles. The summed E-state index contributed by atoms with van der Waals surface area (Å²) in [7, 11) is 0. The van der Waals surface area contributed by atoms with Crippen molar-refractivity contribution in [2.24, 2.45) is 22.7 Å². The van der Waals surface area contributed by atoms with E-state index in [0.717, 1.165) is 37.7 Å². The lowest BCUT2D eigenvalue weighted by atomic mass is 9.46. The normalized spacial score (nSPS) is 43.6. The maximum atomic E-state index is 13.4. The van der Waals surface area contributed by atoms with Gasteiger partial charge in [0.05, 0.1) is 6.61 Å². The summed E-state index contributed by atoms with van der Waals surface area (Å²) in [5, 5.41) is 39.8. The Morgan fingerprint density at radius 3 is 2.57 bits per heavy atom. The summed E-state index contributed by atoms with van der Waals surface area (Å²) in [5.41, 5.74) is 1.04. The number of hydrogen-bond donors (Lipinski definition) is 4. The fourth-order valence-corrected chi connectivity index (χ4v) is 6.75. The third-order valence-corrected chi connectivity index (χ3v) is 9.20. The fourth-order valence-electron chi connectivity index (χ4n) is 6.75. The van der Waals surface area contributed by atoms with E-state index < -0.39 is 48.7 Å². The van der Waals surface area contributed by atoms with Crippen LogP contribution in [-0.2, 0) is 23.8 Å². The van der Waals surface area contributed by atoms with E-state index >= 15 is 0 Å². The first kappa shape index (κ1) is 26.3. The molecule has 0 aromatic heterocycles. The molecule has 0 aromatic rings. The topological polar surface area (TPSA) is 143 Å². The molecule has 2 aliphatic carbocycles. The number of carbonyl (C=O) groups excluding carboxylic acids is 2. The Labute approximate surface area is 205 Å². The lowest BCUT2D eigenvalue weighted by Crippen LogP contribution is -2.59. The molecule has 4 rings (SSSR count). The van der Waals surface area contributed by atoms with E-state index in [2.05, 4.69) is 20.8 Å². The molecule has 2 aliphatic heterocycles. The van der Waals surface area contributed by atoms with Gasteiger partial charge in [-0.05, 0) is 61.3 Å². The van der Waals surface area contributed by atoms with Crippen molar-refractivity contribution in [1.82, 2.24) is 0 Å². The van der Waals surface area contributed by atoms with Crippen molar-refractivity contribution in [3.63, 3.8) is 0 Å². The average molecular weight is 495 g/mol. The molecule has 9 atom stereocenters. The molecule has 9 heteroatoms. The van der Waals surface area contributed by atoms with Crippen LogP contribution in [0.3, 0.4) is 0 Å². The molecule has 196 valence electrons. The fraction of sp³-hybridized carbons (Fsp3) is 0.769. The van der Waals surface area contributed by atoms with E-state index in [0.29, 0.717) is 24.5 Å². The van der Waals surface area contributed by atoms with Gasteiger partial charge in [-0.2, -0.15) is 0 Å². The number of cyclic esters (lactones) is 1. The van der Waals surface area contributed by atoms with E-state index in [-0.39, 0.29) is 17.3 Å². The Bertz CT molecular complexity index is 895. The van der Waals surface area contributed by atoms with Gasteiger partial charge in [0.15, 0.2) is 0 Å². The van der Waals surface area contributed by atoms with Gasteiger partial charge in [-0.15, -0.1) is 0 Å². The second-order valence-electron chi connectivity index (χ2n) is 11.1. The molecule has 2 fully saturated rings. The van der Waals surface area contributed by atoms with Crippen LogP contribution in [0, 0.1) is 22.7 Å². The molecule has 0 spiro atoms. The standard InChI is InChI=1S/C26H38O9/c1-14-7-9-26(3)16(23(32)35-24-22(31)21(30)20(29)17(12-27)34-24)5-4-6-18(26)25(14,2)10-8-15-11-19(28)33-13-15/h5,11,14,17-18,20-22,24,27,29-31H,4,6-10,12-13H2,1-3H3/t14-,17-,18-,20-,21+,22-,24+,25-,26-/m1/s1. The molecule has 4 aliphatic rings. The Hall–Kier alpha value is -1.78. The molecule has 35 heavy (non-hydrogen) atoms. The molecule has 4 N–H and O–H groups in total. The van der Waals surface area contributed by atoms with Crippen molar-refractivity contribution in [1.29, 1.82) is 0 Å². The predicted molar refractivity (Wildman–Crippen MR) is 124 cm³/mol. The smallest absolute Gasteiger partial charge is 0.336 e. The minimum atomic E-state index is -1.63. The molecule has 0 bridgehead atoms. The van der Waals surface area contributed by atoms with Gasteiger partial charge in [-0.3, -0.25) is 0 Å². The number of carbonyl (C=O) groups is 2. The highest BCUT2D eigenvalue weighted by atomic mass is 16.7. The van der Waals surface area contributed by atoms with Crippen LogP contribution in [0.4, 0.5) is 0 Å². The van der Waals surface area contributed by atoms with Crippen LogP contribution in [0.2, 0.25) is 0 Å². The maximum absolute atomic E-state index is 13.4. The maximum Gasteiger partial charge on any atom is 0.336 e. The SMILES string of the molecule is C[C@@H]1CC[C@]2(C)C(C(=O)O[C@@H]3O[C@H](CO)[C@@H](O)[C@H](O)[C@H]3O)=CCC[C@@H]2[C@]1(C)CCC1=CC(=O)OC1. The molecule has 0 amide bonds. The minimum Gasteiger partial charge on any atom is -0.458 e. The number of allylic oxidation sites excluding steroid dienone is 1. The Morgan fingerprint density at radius 2 is 1.91 bits per heavy atom. The lowest BCUT2D eigenvalue weighted by molar-refractivity contribution is -0.291. The van der Waals surface area contributed by atoms with Crippen molar-refractivity contribution in [2.45, 2.75) is 90.0 Å². The molecular formula is C26H38O9. The largest absolute Gasteiger partial charge is 0.458 e. The van der Waals surface area contributed by atoms with Gasteiger partial charge < -0.3 is 34.6 Å². The second kappa shape index (κ2) is 9.94. The average Bonchev–Trinajstić information content (AvgIpc) is 3.25. The molecule has 0 unspecified atom stereocenters. The van der Waals surface area contributed by atoms with Gasteiger partial charge in [0, 0.05) is 17.1 Å². The molecule has 2 heterocycles. The van der Waals surface area contributed by atoms with Gasteiger partial charge in [0.2, 0.25) is 6.29 Å². The highest BCUT2D eigenvalue weighted by Crippen LogP contribution is 2.62. The van der Waals surface area contributed by atoms with E-state index in [4.69, 9.17) is 14.2 Å². The molecule has 0 radical (unpaired) electrons. The summed E-state index contributed by atoms with van der Waals surface area (Å²) < 4.78 is 16.0. The summed E-state index contributed by atoms with van der Waals surface area (Å²) in [6.45, 7) is 6.40. The first-order chi connectivity index (χ1) is 16.5. The lowest BCUT2D eigenvalue weighted by Gasteiger charge is -2.58.